The molecule has 0 spiro atoms. The van der Waals surface area contributed by atoms with Crippen molar-refractivity contribution >= 4 is 96.8 Å². The number of hydrogen-bond donors (Lipinski definition) is 0. The summed E-state index contributed by atoms with van der Waals surface area (Å²) in [5.74, 6) is 0.658. The standard InChI is InChI=1S/C54H32N4S/c1-2-15-34(16-3-1)57-46-26-11-7-18-36(46)44-31-33(29-30-48(44)57)43-32-49-51(38-20-5-4-17-35(38)43)41-22-8-12-27-47(41)58(49)54-55-45-25-10-6-21-40(45)52(56-54)42-24-14-23-39-37-19-9-13-28-50(37)59-53(39)42/h1-32H. The summed E-state index contributed by atoms with van der Waals surface area (Å²) in [5.41, 5.74) is 11.0. The van der Waals surface area contributed by atoms with E-state index in [9.17, 15) is 0 Å². The molecule has 0 amide bonds. The molecule has 0 unspecified atom stereocenters. The Morgan fingerprint density at radius 3 is 1.86 bits per heavy atom. The van der Waals surface area contributed by atoms with Gasteiger partial charge in [0.15, 0.2) is 0 Å². The molecule has 274 valence electrons. The van der Waals surface area contributed by atoms with E-state index >= 15 is 0 Å². The van der Waals surface area contributed by atoms with Gasteiger partial charge in [0.05, 0.1) is 33.3 Å². The summed E-state index contributed by atoms with van der Waals surface area (Å²) < 4.78 is 7.18. The molecule has 4 aromatic heterocycles. The van der Waals surface area contributed by atoms with Crippen LogP contribution in [0.5, 0.6) is 0 Å². The van der Waals surface area contributed by atoms with Crippen LogP contribution in [0.3, 0.4) is 0 Å². The van der Waals surface area contributed by atoms with E-state index in [2.05, 4.69) is 203 Å². The second-order valence-corrected chi connectivity index (χ2v) is 16.4. The van der Waals surface area contributed by atoms with Crippen LogP contribution in [-0.2, 0) is 0 Å². The highest BCUT2D eigenvalue weighted by molar-refractivity contribution is 7.26. The molecule has 0 N–H and O–H groups in total. The van der Waals surface area contributed by atoms with Crippen molar-refractivity contribution in [1.29, 1.82) is 0 Å². The van der Waals surface area contributed by atoms with E-state index in [1.165, 1.54) is 74.6 Å². The lowest BCUT2D eigenvalue weighted by atomic mass is 9.94. The lowest BCUT2D eigenvalue weighted by Crippen LogP contribution is -2.03. The molecular weight excluding hydrogens is 737 g/mol. The van der Waals surface area contributed by atoms with Gasteiger partial charge in [0, 0.05) is 58.4 Å². The van der Waals surface area contributed by atoms with Crippen molar-refractivity contribution < 1.29 is 0 Å². The first-order chi connectivity index (χ1) is 29.3. The molecule has 59 heavy (non-hydrogen) atoms. The van der Waals surface area contributed by atoms with Crippen LogP contribution < -0.4 is 0 Å². The maximum absolute atomic E-state index is 5.58. The quantitative estimate of drug-likeness (QED) is 0.179. The smallest absolute Gasteiger partial charge is 0.235 e. The Kier molecular flexibility index (Phi) is 6.85. The van der Waals surface area contributed by atoms with E-state index in [-0.39, 0.29) is 0 Å². The van der Waals surface area contributed by atoms with Crippen molar-refractivity contribution in [3.63, 3.8) is 0 Å². The molecule has 0 saturated heterocycles. The zero-order chi connectivity index (χ0) is 38.6. The predicted molar refractivity (Wildman–Crippen MR) is 249 cm³/mol. The third kappa shape index (κ3) is 4.71. The van der Waals surface area contributed by atoms with Crippen LogP contribution in [0.1, 0.15) is 0 Å². The highest BCUT2D eigenvalue weighted by Crippen LogP contribution is 2.45. The molecule has 9 aromatic carbocycles. The molecule has 4 nitrogen and oxygen atoms in total. The van der Waals surface area contributed by atoms with Crippen LogP contribution in [-0.4, -0.2) is 19.1 Å². The molecule has 0 aliphatic carbocycles. The van der Waals surface area contributed by atoms with Gasteiger partial charge in [0.25, 0.3) is 0 Å². The minimum absolute atomic E-state index is 0.658. The zero-order valence-corrected chi connectivity index (χ0v) is 32.5. The van der Waals surface area contributed by atoms with E-state index in [0.29, 0.717) is 5.95 Å². The van der Waals surface area contributed by atoms with Crippen LogP contribution in [0, 0.1) is 0 Å². The molecule has 5 heteroatoms. The van der Waals surface area contributed by atoms with Crippen molar-refractivity contribution in [1.82, 2.24) is 19.1 Å². The summed E-state index contributed by atoms with van der Waals surface area (Å²) in [6, 6.07) is 70.0. The number of para-hydroxylation sites is 4. The number of rotatable bonds is 4. The van der Waals surface area contributed by atoms with Crippen molar-refractivity contribution in [3.05, 3.63) is 194 Å². The largest absolute Gasteiger partial charge is 0.309 e. The zero-order valence-electron chi connectivity index (χ0n) is 31.7. The number of thiophene rings is 1. The normalized spacial score (nSPS) is 12.1. The van der Waals surface area contributed by atoms with Gasteiger partial charge >= 0.3 is 0 Å². The van der Waals surface area contributed by atoms with Gasteiger partial charge in [-0.25, -0.2) is 9.97 Å². The molecular formula is C54H32N4S. The lowest BCUT2D eigenvalue weighted by Gasteiger charge is -2.14. The minimum atomic E-state index is 0.658. The monoisotopic (exact) mass is 768 g/mol. The minimum Gasteiger partial charge on any atom is -0.309 e. The number of aromatic nitrogens is 4. The van der Waals surface area contributed by atoms with Gasteiger partial charge in [-0.15, -0.1) is 11.3 Å². The molecule has 0 bridgehead atoms. The van der Waals surface area contributed by atoms with Gasteiger partial charge in [-0.05, 0) is 76.5 Å². The highest BCUT2D eigenvalue weighted by Gasteiger charge is 2.22. The average molecular weight is 769 g/mol. The van der Waals surface area contributed by atoms with E-state index < -0.39 is 0 Å². The molecule has 0 saturated carbocycles. The fourth-order valence-corrected chi connectivity index (χ4v) is 10.8. The van der Waals surface area contributed by atoms with Gasteiger partial charge in [0.2, 0.25) is 5.95 Å². The van der Waals surface area contributed by atoms with E-state index in [0.717, 1.165) is 38.9 Å². The fraction of sp³-hybridized carbons (Fsp3) is 0. The summed E-state index contributed by atoms with van der Waals surface area (Å²) in [4.78, 5) is 10.9. The number of nitrogens with zero attached hydrogens (tertiary/aromatic N) is 4. The summed E-state index contributed by atoms with van der Waals surface area (Å²) in [5, 5.41) is 10.8. The first kappa shape index (κ1) is 32.5. The van der Waals surface area contributed by atoms with Gasteiger partial charge in [-0.2, -0.15) is 0 Å². The van der Waals surface area contributed by atoms with Crippen molar-refractivity contribution in [2.45, 2.75) is 0 Å². The molecule has 4 heterocycles. The molecule has 13 rings (SSSR count). The first-order valence-corrected chi connectivity index (χ1v) is 20.8. The topological polar surface area (TPSA) is 35.6 Å². The third-order valence-corrected chi connectivity index (χ3v) is 13.3. The van der Waals surface area contributed by atoms with Crippen LogP contribution in [0.2, 0.25) is 0 Å². The maximum Gasteiger partial charge on any atom is 0.235 e. The molecule has 0 radical (unpaired) electrons. The second-order valence-electron chi connectivity index (χ2n) is 15.3. The van der Waals surface area contributed by atoms with Gasteiger partial charge in [0.1, 0.15) is 0 Å². The van der Waals surface area contributed by atoms with Crippen molar-refractivity contribution in [2.24, 2.45) is 0 Å². The van der Waals surface area contributed by atoms with Crippen LogP contribution >= 0.6 is 11.3 Å². The Labute approximate surface area is 342 Å². The maximum atomic E-state index is 5.58. The lowest BCUT2D eigenvalue weighted by molar-refractivity contribution is 1.01. The van der Waals surface area contributed by atoms with Crippen LogP contribution in [0.4, 0.5) is 0 Å². The summed E-state index contributed by atoms with van der Waals surface area (Å²) in [6.45, 7) is 0. The summed E-state index contributed by atoms with van der Waals surface area (Å²) >= 11 is 1.83. The van der Waals surface area contributed by atoms with Gasteiger partial charge in [-0.3, -0.25) is 4.57 Å². The van der Waals surface area contributed by atoms with E-state index in [1.54, 1.807) is 0 Å². The predicted octanol–water partition coefficient (Wildman–Crippen LogP) is 14.7. The fourth-order valence-electron chi connectivity index (χ4n) is 9.58. The van der Waals surface area contributed by atoms with E-state index in [4.69, 9.17) is 9.97 Å². The molecule has 0 fully saturated rings. The SMILES string of the molecule is c1ccc(-n2c3ccccc3c3cc(-c4cc5c(c6ccccc46)c4ccccc4n5-c4nc(-c5cccc6c5sc5ccccc56)c5ccccc5n4)ccc32)cc1. The van der Waals surface area contributed by atoms with Crippen molar-refractivity contribution in [3.8, 4) is 34.0 Å². The molecule has 13 aromatic rings. The Morgan fingerprint density at radius 2 is 1.02 bits per heavy atom. The van der Waals surface area contributed by atoms with Gasteiger partial charge < -0.3 is 4.57 Å². The molecule has 0 aliphatic rings. The molecule has 0 atom stereocenters. The van der Waals surface area contributed by atoms with Crippen LogP contribution in [0.15, 0.2) is 194 Å². The Morgan fingerprint density at radius 1 is 0.373 bits per heavy atom. The third-order valence-electron chi connectivity index (χ3n) is 12.1. The molecule has 0 aliphatic heterocycles. The Hall–Kier alpha value is -7.60. The summed E-state index contributed by atoms with van der Waals surface area (Å²) in [7, 11) is 0. The van der Waals surface area contributed by atoms with Crippen molar-refractivity contribution in [2.75, 3.05) is 0 Å². The number of fused-ring (bicyclic) bond motifs is 12. The van der Waals surface area contributed by atoms with E-state index in [1.807, 2.05) is 11.3 Å². The van der Waals surface area contributed by atoms with Crippen LogP contribution in [0.25, 0.3) is 119 Å². The Bertz CT molecular complexity index is 3850. The summed E-state index contributed by atoms with van der Waals surface area (Å²) in [6.07, 6.45) is 0. The first-order valence-electron chi connectivity index (χ1n) is 20.0. The number of hydrogen-bond acceptors (Lipinski definition) is 3. The highest BCUT2D eigenvalue weighted by atomic mass is 32.1. The average Bonchev–Trinajstić information content (AvgIpc) is 3.96. The second kappa shape index (κ2) is 12.4. The van der Waals surface area contributed by atoms with Gasteiger partial charge in [-0.1, -0.05) is 140 Å². The Balaban J connectivity index is 1.11. The number of benzene rings is 9.